The van der Waals surface area contributed by atoms with Crippen LogP contribution in [0, 0.1) is 0 Å². The van der Waals surface area contributed by atoms with E-state index in [1.54, 1.807) is 0 Å². The maximum atomic E-state index is 12.7. The number of rotatable bonds is 11. The molecule has 0 unspecified atom stereocenters. The maximum absolute atomic E-state index is 12.7. The van der Waals surface area contributed by atoms with Crippen LogP contribution in [0.4, 0.5) is 9.59 Å². The molecule has 1 fully saturated rings. The van der Waals surface area contributed by atoms with E-state index in [4.69, 9.17) is 14.6 Å². The second-order valence-electron chi connectivity index (χ2n) is 9.59. The van der Waals surface area contributed by atoms with Gasteiger partial charge in [-0.1, -0.05) is 61.2 Å². The van der Waals surface area contributed by atoms with Crippen LogP contribution in [0.5, 0.6) is 0 Å². The van der Waals surface area contributed by atoms with Crippen molar-refractivity contribution in [3.8, 4) is 11.1 Å². The first kappa shape index (κ1) is 27.7. The van der Waals surface area contributed by atoms with E-state index in [1.807, 2.05) is 24.3 Å². The molecule has 1 aliphatic carbocycles. The number of unbranched alkanes of at least 4 members (excludes halogenated alkanes) is 1. The number of aliphatic carboxylic acids is 1. The predicted molar refractivity (Wildman–Crippen MR) is 143 cm³/mol. The summed E-state index contributed by atoms with van der Waals surface area (Å²) in [6.07, 6.45) is 1.34. The normalized spacial score (nSPS) is 17.9. The third-order valence-corrected chi connectivity index (χ3v) is 6.94. The number of benzene rings is 2. The average Bonchev–Trinajstić information content (AvgIpc) is 3.24. The van der Waals surface area contributed by atoms with Gasteiger partial charge in [-0.2, -0.15) is 0 Å². The van der Waals surface area contributed by atoms with Crippen LogP contribution in [-0.4, -0.2) is 72.5 Å². The van der Waals surface area contributed by atoms with Crippen LogP contribution in [0.1, 0.15) is 42.7 Å². The van der Waals surface area contributed by atoms with Crippen molar-refractivity contribution in [3.05, 3.63) is 72.3 Å². The number of nitrogens with zero attached hydrogens (tertiary/aromatic N) is 1. The van der Waals surface area contributed by atoms with Gasteiger partial charge in [0.15, 0.2) is 0 Å². The molecule has 3 N–H and O–H groups in total. The fourth-order valence-corrected chi connectivity index (χ4v) is 5.18. The Bertz CT molecular complexity index is 1190. The standard InChI is InChI=1S/C29H33N3O7/c1-2-15-38-29(37)32-17-19(16-26(33)34)31-27(35)25(32)13-7-8-14-30-28(36)39-18-24-22-11-5-3-9-20(22)21-10-4-6-12-23(21)24/h2-6,9-12,19,24-25H,1,7-8,13-18H2,(H,30,36)(H,31,35)(H,33,34)/t19-,25-/m1/s1. The Labute approximate surface area is 227 Å². The Balaban J connectivity index is 1.23. The number of carbonyl (C=O) groups is 4. The van der Waals surface area contributed by atoms with Gasteiger partial charge in [0.05, 0.1) is 12.5 Å². The van der Waals surface area contributed by atoms with E-state index in [0.717, 1.165) is 22.3 Å². The smallest absolute Gasteiger partial charge is 0.410 e. The summed E-state index contributed by atoms with van der Waals surface area (Å²) in [5.74, 6) is -1.52. The first-order valence-electron chi connectivity index (χ1n) is 13.0. The van der Waals surface area contributed by atoms with E-state index < -0.39 is 36.1 Å². The predicted octanol–water partition coefficient (Wildman–Crippen LogP) is 3.66. The van der Waals surface area contributed by atoms with Gasteiger partial charge in [-0.3, -0.25) is 14.5 Å². The van der Waals surface area contributed by atoms with Gasteiger partial charge in [-0.25, -0.2) is 9.59 Å². The molecule has 1 saturated heterocycles. The number of hydrogen-bond donors (Lipinski definition) is 3. The number of nitrogens with one attached hydrogen (secondary N) is 2. The minimum Gasteiger partial charge on any atom is -0.481 e. The van der Waals surface area contributed by atoms with E-state index in [2.05, 4.69) is 41.5 Å². The number of carboxylic acids is 1. The second kappa shape index (κ2) is 12.9. The number of carbonyl (C=O) groups excluding carboxylic acids is 3. The van der Waals surface area contributed by atoms with Crippen LogP contribution in [0.25, 0.3) is 11.1 Å². The monoisotopic (exact) mass is 535 g/mol. The summed E-state index contributed by atoms with van der Waals surface area (Å²) in [5.41, 5.74) is 4.59. The number of carboxylic acid groups (broad SMARTS) is 1. The summed E-state index contributed by atoms with van der Waals surface area (Å²) in [4.78, 5) is 49.9. The van der Waals surface area contributed by atoms with Gasteiger partial charge in [0.1, 0.15) is 19.3 Å². The van der Waals surface area contributed by atoms with Crippen LogP contribution in [0.3, 0.4) is 0 Å². The summed E-state index contributed by atoms with van der Waals surface area (Å²) < 4.78 is 10.6. The molecule has 1 heterocycles. The minimum atomic E-state index is -1.07. The molecule has 2 aliphatic rings. The second-order valence-corrected chi connectivity index (χ2v) is 9.59. The zero-order valence-electron chi connectivity index (χ0n) is 21.6. The third-order valence-electron chi connectivity index (χ3n) is 6.94. The highest BCUT2D eigenvalue weighted by atomic mass is 16.6. The first-order valence-corrected chi connectivity index (χ1v) is 13.0. The summed E-state index contributed by atoms with van der Waals surface area (Å²) >= 11 is 0. The zero-order valence-corrected chi connectivity index (χ0v) is 21.6. The van der Waals surface area contributed by atoms with Crippen molar-refractivity contribution in [3.63, 3.8) is 0 Å². The number of alkyl carbamates (subject to hydrolysis) is 1. The lowest BCUT2D eigenvalue weighted by Crippen LogP contribution is -2.62. The topological polar surface area (TPSA) is 134 Å². The van der Waals surface area contributed by atoms with Gasteiger partial charge in [-0.15, -0.1) is 0 Å². The summed E-state index contributed by atoms with van der Waals surface area (Å²) in [6.45, 7) is 4.09. The Kier molecular flexibility index (Phi) is 9.19. The number of ether oxygens (including phenoxy) is 2. The first-order chi connectivity index (χ1) is 18.9. The molecular weight excluding hydrogens is 502 g/mol. The lowest BCUT2D eigenvalue weighted by molar-refractivity contribution is -0.139. The molecule has 0 spiro atoms. The SMILES string of the molecule is C=CCOC(=O)N1C[C@@H](CC(=O)O)NC(=O)[C@H]1CCCCNC(=O)OCC1c2ccccc2-c2ccccc21. The summed E-state index contributed by atoms with van der Waals surface area (Å²) in [5, 5.41) is 14.5. The van der Waals surface area contributed by atoms with Crippen molar-refractivity contribution in [2.45, 2.75) is 43.7 Å². The molecule has 10 nitrogen and oxygen atoms in total. The molecule has 4 rings (SSSR count). The molecule has 0 aromatic heterocycles. The van der Waals surface area contributed by atoms with E-state index in [1.165, 1.54) is 11.0 Å². The molecular formula is C29H33N3O7. The Morgan fingerprint density at radius 2 is 1.72 bits per heavy atom. The molecule has 2 atom stereocenters. The Morgan fingerprint density at radius 1 is 1.05 bits per heavy atom. The van der Waals surface area contributed by atoms with Crippen LogP contribution in [-0.2, 0) is 19.1 Å². The van der Waals surface area contributed by atoms with Gasteiger partial charge in [0, 0.05) is 19.0 Å². The van der Waals surface area contributed by atoms with Crippen molar-refractivity contribution in [2.24, 2.45) is 0 Å². The highest BCUT2D eigenvalue weighted by Crippen LogP contribution is 2.44. The van der Waals surface area contributed by atoms with Crippen LogP contribution in [0.2, 0.25) is 0 Å². The van der Waals surface area contributed by atoms with Gasteiger partial charge in [-0.05, 0) is 41.5 Å². The molecule has 1 aliphatic heterocycles. The quantitative estimate of drug-likeness (QED) is 0.295. The molecule has 0 radical (unpaired) electrons. The largest absolute Gasteiger partial charge is 0.481 e. The van der Waals surface area contributed by atoms with E-state index in [9.17, 15) is 19.2 Å². The van der Waals surface area contributed by atoms with Crippen LogP contribution < -0.4 is 10.6 Å². The number of piperazine rings is 1. The lowest BCUT2D eigenvalue weighted by Gasteiger charge is -2.38. The van der Waals surface area contributed by atoms with E-state index >= 15 is 0 Å². The van der Waals surface area contributed by atoms with Gasteiger partial charge >= 0.3 is 18.2 Å². The fourth-order valence-electron chi connectivity index (χ4n) is 5.18. The van der Waals surface area contributed by atoms with Crippen molar-refractivity contribution < 1.29 is 33.8 Å². The molecule has 2 aromatic rings. The molecule has 2 aromatic carbocycles. The molecule has 10 heteroatoms. The summed E-state index contributed by atoms with van der Waals surface area (Å²) in [7, 11) is 0. The third kappa shape index (κ3) is 6.76. The molecule has 3 amide bonds. The van der Waals surface area contributed by atoms with Crippen molar-refractivity contribution in [1.82, 2.24) is 15.5 Å². The highest BCUT2D eigenvalue weighted by Gasteiger charge is 2.38. The van der Waals surface area contributed by atoms with Gasteiger partial charge in [0.2, 0.25) is 5.91 Å². The van der Waals surface area contributed by atoms with E-state index in [-0.39, 0.29) is 32.1 Å². The maximum Gasteiger partial charge on any atom is 0.410 e. The van der Waals surface area contributed by atoms with Crippen LogP contribution in [0.15, 0.2) is 61.2 Å². The van der Waals surface area contributed by atoms with E-state index in [0.29, 0.717) is 25.8 Å². The molecule has 39 heavy (non-hydrogen) atoms. The zero-order chi connectivity index (χ0) is 27.8. The molecule has 0 saturated carbocycles. The van der Waals surface area contributed by atoms with Crippen molar-refractivity contribution in [1.29, 1.82) is 0 Å². The number of amides is 3. The molecule has 206 valence electrons. The van der Waals surface area contributed by atoms with Gasteiger partial charge in [0.25, 0.3) is 0 Å². The Hall–Kier alpha value is -4.34. The minimum absolute atomic E-state index is 0.0165. The molecule has 0 bridgehead atoms. The fraction of sp³-hybridized carbons (Fsp3) is 0.379. The highest BCUT2D eigenvalue weighted by molar-refractivity contribution is 5.87. The number of fused-ring (bicyclic) bond motifs is 3. The van der Waals surface area contributed by atoms with Gasteiger partial charge < -0.3 is 25.2 Å². The average molecular weight is 536 g/mol. The number of hydrogen-bond acceptors (Lipinski definition) is 6. The summed E-state index contributed by atoms with van der Waals surface area (Å²) in [6, 6.07) is 14.8. The Morgan fingerprint density at radius 3 is 2.36 bits per heavy atom. The van der Waals surface area contributed by atoms with Crippen molar-refractivity contribution in [2.75, 3.05) is 26.3 Å². The van der Waals surface area contributed by atoms with Crippen LogP contribution >= 0.6 is 0 Å². The lowest BCUT2D eigenvalue weighted by atomic mass is 9.98. The van der Waals surface area contributed by atoms with Crippen molar-refractivity contribution >= 4 is 24.1 Å².